The number of halogens is 1. The number of hydrogen-bond donors (Lipinski definition) is 1. The maximum Gasteiger partial charge on any atom is 0.322 e. The summed E-state index contributed by atoms with van der Waals surface area (Å²) in [5.41, 5.74) is 0. The average Bonchev–Trinajstić information content (AvgIpc) is 2.79. The summed E-state index contributed by atoms with van der Waals surface area (Å²) < 4.78 is 52.0. The highest BCUT2D eigenvalue weighted by atomic mass is 32.2. The molecule has 9 heteroatoms. The van der Waals surface area contributed by atoms with Crippen LogP contribution in [0.25, 0.3) is 0 Å². The van der Waals surface area contributed by atoms with Crippen LogP contribution < -0.4 is 4.74 Å². The highest BCUT2D eigenvalue weighted by Gasteiger charge is 2.49. The van der Waals surface area contributed by atoms with E-state index in [2.05, 4.69) is 0 Å². The van der Waals surface area contributed by atoms with Crippen LogP contribution in [0.3, 0.4) is 0 Å². The van der Waals surface area contributed by atoms with Gasteiger partial charge in [-0.15, -0.1) is 0 Å². The second-order valence-corrected chi connectivity index (χ2v) is 10.2. The minimum Gasteiger partial charge on any atom is -0.480 e. The number of ether oxygens (including phenoxy) is 2. The fourth-order valence-corrected chi connectivity index (χ4v) is 6.52. The van der Waals surface area contributed by atoms with Gasteiger partial charge in [-0.3, -0.25) is 4.79 Å². The number of piperidine rings is 1. The van der Waals surface area contributed by atoms with E-state index in [-0.39, 0.29) is 35.2 Å². The van der Waals surface area contributed by atoms with Crippen molar-refractivity contribution >= 4 is 16.0 Å². The first-order chi connectivity index (χ1) is 15.3. The number of hydrogen-bond acceptors (Lipinski definition) is 5. The molecule has 0 amide bonds. The van der Waals surface area contributed by atoms with E-state index in [0.717, 1.165) is 17.1 Å². The van der Waals surface area contributed by atoms with Gasteiger partial charge in [0.15, 0.2) is 0 Å². The molecule has 4 rings (SSSR count). The summed E-state index contributed by atoms with van der Waals surface area (Å²) in [5.74, 6) is -0.790. The highest BCUT2D eigenvalue weighted by Crippen LogP contribution is 2.42. The molecule has 1 aliphatic carbocycles. The van der Waals surface area contributed by atoms with Crippen LogP contribution in [0.1, 0.15) is 25.7 Å². The predicted octanol–water partition coefficient (Wildman–Crippen LogP) is 3.90. The van der Waals surface area contributed by atoms with Crippen LogP contribution in [0.2, 0.25) is 0 Å². The fraction of sp³-hybridized carbons (Fsp3) is 0.435. The lowest BCUT2D eigenvalue weighted by atomic mass is 9.70. The Morgan fingerprint density at radius 1 is 1.03 bits per heavy atom. The molecule has 1 heterocycles. The maximum atomic E-state index is 13.4. The van der Waals surface area contributed by atoms with Gasteiger partial charge in [0.1, 0.15) is 23.4 Å². The summed E-state index contributed by atoms with van der Waals surface area (Å²) in [4.78, 5) is 12.2. The summed E-state index contributed by atoms with van der Waals surface area (Å²) in [6, 6.07) is 10.2. The highest BCUT2D eigenvalue weighted by molar-refractivity contribution is 7.89. The van der Waals surface area contributed by atoms with E-state index in [1.54, 1.807) is 7.11 Å². The SMILES string of the molecule is COC1CCC2C(CCN(S(=O)(=O)c3ccc(Oc4ccc(F)cc4)cc3)C2C(=O)O)C1. The van der Waals surface area contributed by atoms with Crippen molar-refractivity contribution in [3.8, 4) is 11.5 Å². The van der Waals surface area contributed by atoms with E-state index in [0.29, 0.717) is 24.3 Å². The normalized spacial score (nSPS) is 26.3. The molecule has 32 heavy (non-hydrogen) atoms. The summed E-state index contributed by atoms with van der Waals surface area (Å²) >= 11 is 0. The zero-order valence-electron chi connectivity index (χ0n) is 17.7. The number of methoxy groups -OCH3 is 1. The number of nitrogens with zero attached hydrogens (tertiary/aromatic N) is 1. The Kier molecular flexibility index (Phi) is 6.50. The standard InChI is InChI=1S/C23H26FNO6S/c1-30-19-8-11-21-15(14-19)12-13-25(22(21)23(26)27)32(28,29)20-9-6-18(7-10-20)31-17-4-2-16(24)3-5-17/h2-7,9-10,15,19,21-22H,8,11-14H2,1H3,(H,26,27). The van der Waals surface area contributed by atoms with Crippen LogP contribution in [-0.2, 0) is 19.6 Å². The molecule has 1 N–H and O–H groups in total. The molecular weight excluding hydrogens is 437 g/mol. The minimum atomic E-state index is -4.01. The smallest absolute Gasteiger partial charge is 0.322 e. The van der Waals surface area contributed by atoms with Crippen LogP contribution in [0, 0.1) is 17.7 Å². The van der Waals surface area contributed by atoms with Gasteiger partial charge in [-0.05, 0) is 86.1 Å². The lowest BCUT2D eigenvalue weighted by Crippen LogP contribution is -2.56. The van der Waals surface area contributed by atoms with Gasteiger partial charge in [0.25, 0.3) is 0 Å². The molecule has 2 aromatic carbocycles. The lowest BCUT2D eigenvalue weighted by molar-refractivity contribution is -0.147. The number of carboxylic acids is 1. The molecule has 7 nitrogen and oxygen atoms in total. The summed E-state index contributed by atoms with van der Waals surface area (Å²) in [7, 11) is -2.35. The van der Waals surface area contributed by atoms with Crippen LogP contribution in [-0.4, -0.2) is 49.6 Å². The third-order valence-electron chi connectivity index (χ3n) is 6.50. The molecule has 0 spiro atoms. The van der Waals surface area contributed by atoms with Crippen LogP contribution in [0.15, 0.2) is 53.4 Å². The second-order valence-electron chi connectivity index (χ2n) is 8.31. The van der Waals surface area contributed by atoms with Crippen molar-refractivity contribution in [1.82, 2.24) is 4.31 Å². The number of fused-ring (bicyclic) bond motifs is 1. The van der Waals surface area contributed by atoms with Crippen molar-refractivity contribution in [2.45, 2.75) is 42.7 Å². The summed E-state index contributed by atoms with van der Waals surface area (Å²) in [5, 5.41) is 9.92. The molecule has 0 aromatic heterocycles. The monoisotopic (exact) mass is 463 g/mol. The number of rotatable bonds is 6. The van der Waals surface area contributed by atoms with Gasteiger partial charge in [0.2, 0.25) is 10.0 Å². The van der Waals surface area contributed by atoms with Crippen molar-refractivity contribution in [2.75, 3.05) is 13.7 Å². The number of aliphatic carboxylic acids is 1. The Hall–Kier alpha value is -2.49. The van der Waals surface area contributed by atoms with Gasteiger partial charge in [0.05, 0.1) is 11.0 Å². The third kappa shape index (κ3) is 4.51. The zero-order chi connectivity index (χ0) is 22.9. The van der Waals surface area contributed by atoms with Crippen molar-refractivity contribution in [3.63, 3.8) is 0 Å². The minimum absolute atomic E-state index is 0.0132. The molecule has 0 bridgehead atoms. The number of benzene rings is 2. The first-order valence-corrected chi connectivity index (χ1v) is 12.0. The molecular formula is C23H26FNO6S. The molecule has 2 fully saturated rings. The van der Waals surface area contributed by atoms with Gasteiger partial charge in [0, 0.05) is 13.7 Å². The van der Waals surface area contributed by atoms with E-state index >= 15 is 0 Å². The molecule has 1 aliphatic heterocycles. The Labute approximate surface area is 186 Å². The number of carboxylic acid groups (broad SMARTS) is 1. The van der Waals surface area contributed by atoms with Crippen molar-refractivity contribution in [2.24, 2.45) is 11.8 Å². The largest absolute Gasteiger partial charge is 0.480 e. The predicted molar refractivity (Wildman–Crippen MR) is 114 cm³/mol. The van der Waals surface area contributed by atoms with Crippen LogP contribution in [0.4, 0.5) is 4.39 Å². The first kappa shape index (κ1) is 22.7. The zero-order valence-corrected chi connectivity index (χ0v) is 18.5. The molecule has 0 radical (unpaired) electrons. The molecule has 1 saturated heterocycles. The van der Waals surface area contributed by atoms with Gasteiger partial charge in [-0.2, -0.15) is 4.31 Å². The summed E-state index contributed by atoms with van der Waals surface area (Å²) in [6.45, 7) is 0.157. The molecule has 2 aromatic rings. The van der Waals surface area contributed by atoms with E-state index in [1.807, 2.05) is 0 Å². The van der Waals surface area contributed by atoms with E-state index < -0.39 is 22.0 Å². The van der Waals surface area contributed by atoms with Crippen LogP contribution in [0.5, 0.6) is 11.5 Å². The molecule has 1 saturated carbocycles. The molecule has 172 valence electrons. The molecule has 2 aliphatic rings. The summed E-state index contributed by atoms with van der Waals surface area (Å²) in [6.07, 6.45) is 2.82. The van der Waals surface area contributed by atoms with Gasteiger partial charge >= 0.3 is 5.97 Å². The van der Waals surface area contributed by atoms with E-state index in [1.165, 1.54) is 48.5 Å². The van der Waals surface area contributed by atoms with Gasteiger partial charge in [-0.25, -0.2) is 12.8 Å². The Morgan fingerprint density at radius 2 is 1.66 bits per heavy atom. The lowest BCUT2D eigenvalue weighted by Gasteiger charge is -2.46. The topological polar surface area (TPSA) is 93.1 Å². The van der Waals surface area contributed by atoms with Crippen molar-refractivity contribution < 1.29 is 32.2 Å². The maximum absolute atomic E-state index is 13.4. The molecule has 4 atom stereocenters. The second kappa shape index (κ2) is 9.17. The Morgan fingerprint density at radius 3 is 2.25 bits per heavy atom. The fourth-order valence-electron chi connectivity index (χ4n) is 4.88. The molecule has 4 unspecified atom stereocenters. The third-order valence-corrected chi connectivity index (χ3v) is 8.39. The first-order valence-electron chi connectivity index (χ1n) is 10.6. The average molecular weight is 464 g/mol. The Balaban J connectivity index is 1.54. The van der Waals surface area contributed by atoms with E-state index in [4.69, 9.17) is 9.47 Å². The van der Waals surface area contributed by atoms with E-state index in [9.17, 15) is 22.7 Å². The van der Waals surface area contributed by atoms with Crippen LogP contribution >= 0.6 is 0 Å². The van der Waals surface area contributed by atoms with Gasteiger partial charge < -0.3 is 14.6 Å². The number of carbonyl (C=O) groups is 1. The number of sulfonamides is 1. The van der Waals surface area contributed by atoms with Crippen molar-refractivity contribution in [3.05, 3.63) is 54.3 Å². The quantitative estimate of drug-likeness (QED) is 0.699. The van der Waals surface area contributed by atoms with Crippen molar-refractivity contribution in [1.29, 1.82) is 0 Å². The van der Waals surface area contributed by atoms with Gasteiger partial charge in [-0.1, -0.05) is 0 Å². The Bertz CT molecular complexity index is 1060.